The van der Waals surface area contributed by atoms with Gasteiger partial charge in [0, 0.05) is 0 Å². The molecule has 0 bridgehead atoms. The number of alkyl halides is 3. The van der Waals surface area contributed by atoms with Gasteiger partial charge < -0.3 is 0 Å². The molecule has 0 unspecified atom stereocenters. The van der Waals surface area contributed by atoms with Crippen LogP contribution in [0.15, 0.2) is 11.4 Å². The van der Waals surface area contributed by atoms with Crippen LogP contribution in [0.5, 0.6) is 0 Å². The Kier molecular flexibility index (Phi) is 4.14. The Morgan fingerprint density at radius 1 is 1.27 bits per heavy atom. The van der Waals surface area contributed by atoms with E-state index >= 15 is 0 Å². The summed E-state index contributed by atoms with van der Waals surface area (Å²) in [6, 6.07) is 0. The highest BCUT2D eigenvalue weighted by molar-refractivity contribution is 9.10. The van der Waals surface area contributed by atoms with E-state index in [9.17, 15) is 13.2 Å². The van der Waals surface area contributed by atoms with Crippen LogP contribution in [0.3, 0.4) is 0 Å². The van der Waals surface area contributed by atoms with Gasteiger partial charge >= 0.3 is 4.83 Å². The van der Waals surface area contributed by atoms with Crippen LogP contribution in [0.4, 0.5) is 13.2 Å². The van der Waals surface area contributed by atoms with E-state index in [-0.39, 0.29) is 5.57 Å². The third-order valence-corrected chi connectivity index (χ3v) is 1.76. The molecule has 0 fully saturated rings. The normalized spacial score (nSPS) is 11.5. The molecule has 0 aliphatic carbocycles. The first kappa shape index (κ1) is 11.0. The average Bonchev–Trinajstić information content (AvgIpc) is 1.88. The van der Waals surface area contributed by atoms with E-state index in [4.69, 9.17) is 0 Å². The second-order valence-electron chi connectivity index (χ2n) is 2.12. The van der Waals surface area contributed by atoms with Crippen LogP contribution < -0.4 is 0 Å². The zero-order valence-corrected chi connectivity index (χ0v) is 8.01. The minimum absolute atomic E-state index is 0.159. The van der Waals surface area contributed by atoms with Crippen LogP contribution in [0.2, 0.25) is 0 Å². The van der Waals surface area contributed by atoms with E-state index in [1.54, 1.807) is 13.8 Å². The highest BCUT2D eigenvalue weighted by Crippen LogP contribution is 2.35. The highest BCUT2D eigenvalue weighted by atomic mass is 79.9. The Morgan fingerprint density at radius 2 is 1.64 bits per heavy atom. The van der Waals surface area contributed by atoms with Gasteiger partial charge in [-0.05, 0) is 34.3 Å². The van der Waals surface area contributed by atoms with Gasteiger partial charge in [-0.3, -0.25) is 0 Å². The molecule has 0 N–H and O–H groups in total. The van der Waals surface area contributed by atoms with Crippen molar-refractivity contribution >= 4 is 15.9 Å². The molecule has 0 aliphatic rings. The summed E-state index contributed by atoms with van der Waals surface area (Å²) in [5, 5.41) is 0. The second-order valence-corrected chi connectivity index (χ2v) is 3.12. The van der Waals surface area contributed by atoms with Crippen molar-refractivity contribution in [2.75, 3.05) is 0 Å². The molecule has 0 aliphatic heterocycles. The zero-order chi connectivity index (χ0) is 9.07. The molecule has 0 radical (unpaired) electrons. The monoisotopic (exact) mass is 230 g/mol. The Bertz CT molecular complexity index is 152. The van der Waals surface area contributed by atoms with Gasteiger partial charge in [0.2, 0.25) is 0 Å². The van der Waals surface area contributed by atoms with Crippen molar-refractivity contribution in [2.24, 2.45) is 0 Å². The lowest BCUT2D eigenvalue weighted by Crippen LogP contribution is -2.07. The molecule has 0 aromatic heterocycles. The topological polar surface area (TPSA) is 0 Å². The van der Waals surface area contributed by atoms with E-state index in [0.717, 1.165) is 0 Å². The fraction of sp³-hybridized carbons (Fsp3) is 0.714. The van der Waals surface area contributed by atoms with Gasteiger partial charge in [0.15, 0.2) is 5.83 Å². The molecule has 0 rings (SSSR count). The van der Waals surface area contributed by atoms with Crippen molar-refractivity contribution in [2.45, 2.75) is 31.5 Å². The minimum Gasteiger partial charge on any atom is -0.204 e. The Hall–Kier alpha value is 0.01000. The molecule has 4 heteroatoms. The van der Waals surface area contributed by atoms with Crippen LogP contribution in [0.1, 0.15) is 26.7 Å². The summed E-state index contributed by atoms with van der Waals surface area (Å²) >= 11 is 1.96. The fourth-order valence-corrected chi connectivity index (χ4v) is 1.04. The molecule has 0 aromatic rings. The van der Waals surface area contributed by atoms with Crippen LogP contribution in [0.25, 0.3) is 0 Å². The average molecular weight is 231 g/mol. The lowest BCUT2D eigenvalue weighted by Gasteiger charge is -2.09. The maximum atomic E-state index is 12.7. The van der Waals surface area contributed by atoms with E-state index in [1.165, 1.54) is 0 Å². The van der Waals surface area contributed by atoms with Gasteiger partial charge in [-0.25, -0.2) is 4.39 Å². The van der Waals surface area contributed by atoms with Crippen molar-refractivity contribution in [3.05, 3.63) is 11.4 Å². The highest BCUT2D eigenvalue weighted by Gasteiger charge is 2.32. The van der Waals surface area contributed by atoms with Gasteiger partial charge in [-0.15, -0.1) is 0 Å². The predicted molar refractivity (Wildman–Crippen MR) is 42.6 cm³/mol. The van der Waals surface area contributed by atoms with Crippen LogP contribution >= 0.6 is 15.9 Å². The minimum atomic E-state index is -3.49. The van der Waals surface area contributed by atoms with Crippen LogP contribution in [-0.2, 0) is 0 Å². The quantitative estimate of drug-likeness (QED) is 0.643. The molecular formula is C7H10BrF3. The lowest BCUT2D eigenvalue weighted by molar-refractivity contribution is 0.124. The second kappa shape index (κ2) is 4.14. The van der Waals surface area contributed by atoms with Crippen LogP contribution in [0, 0.1) is 0 Å². The van der Waals surface area contributed by atoms with Crippen molar-refractivity contribution < 1.29 is 13.2 Å². The summed E-state index contributed by atoms with van der Waals surface area (Å²) in [7, 11) is 0. The largest absolute Gasteiger partial charge is 0.352 e. The number of hydrogen-bond donors (Lipinski definition) is 0. The van der Waals surface area contributed by atoms with Gasteiger partial charge in [-0.2, -0.15) is 8.78 Å². The fourth-order valence-electron chi connectivity index (χ4n) is 0.761. The summed E-state index contributed by atoms with van der Waals surface area (Å²) in [6.45, 7) is 3.30. The van der Waals surface area contributed by atoms with E-state index in [2.05, 4.69) is 0 Å². The van der Waals surface area contributed by atoms with E-state index in [0.29, 0.717) is 12.8 Å². The predicted octanol–water partition coefficient (Wildman–Crippen LogP) is 4.02. The molecule has 0 nitrogen and oxygen atoms in total. The lowest BCUT2D eigenvalue weighted by atomic mass is 10.1. The Labute approximate surface area is 72.6 Å². The van der Waals surface area contributed by atoms with Gasteiger partial charge in [-0.1, -0.05) is 13.8 Å². The third kappa shape index (κ3) is 3.27. The number of halogens is 4. The number of hydrogen-bond acceptors (Lipinski definition) is 0. The molecule has 0 saturated carbocycles. The molecular weight excluding hydrogens is 221 g/mol. The Balaban J connectivity index is 4.62. The maximum Gasteiger partial charge on any atom is 0.352 e. The third-order valence-electron chi connectivity index (χ3n) is 1.41. The molecule has 66 valence electrons. The summed E-state index contributed by atoms with van der Waals surface area (Å²) in [5.74, 6) is -1.34. The SMILES string of the molecule is CCC(CC)=C(F)C(F)(F)Br. The smallest absolute Gasteiger partial charge is 0.204 e. The Morgan fingerprint density at radius 3 is 1.73 bits per heavy atom. The summed E-state index contributed by atoms with van der Waals surface area (Å²) in [6.07, 6.45) is 0.646. The molecule has 0 amide bonds. The molecule has 0 heterocycles. The summed E-state index contributed by atoms with van der Waals surface area (Å²) in [5.41, 5.74) is 0.159. The first-order chi connectivity index (χ1) is 4.93. The standard InChI is InChI=1S/C7H10BrF3/c1-3-5(4-2)6(9)7(8,10)11/h3-4H2,1-2H3. The van der Waals surface area contributed by atoms with Crippen molar-refractivity contribution in [3.63, 3.8) is 0 Å². The summed E-state index contributed by atoms with van der Waals surface area (Å²) in [4.78, 5) is -3.49. The van der Waals surface area contributed by atoms with Crippen molar-refractivity contribution in [1.82, 2.24) is 0 Å². The molecule has 0 aromatic carbocycles. The molecule has 0 spiro atoms. The van der Waals surface area contributed by atoms with Crippen molar-refractivity contribution in [3.8, 4) is 0 Å². The first-order valence-electron chi connectivity index (χ1n) is 3.38. The van der Waals surface area contributed by atoms with Gasteiger partial charge in [0.1, 0.15) is 0 Å². The number of allylic oxidation sites excluding steroid dienone is 2. The maximum absolute atomic E-state index is 12.7. The van der Waals surface area contributed by atoms with E-state index < -0.39 is 10.7 Å². The molecule has 11 heavy (non-hydrogen) atoms. The molecule has 0 atom stereocenters. The first-order valence-corrected chi connectivity index (χ1v) is 4.17. The van der Waals surface area contributed by atoms with Gasteiger partial charge in [0.25, 0.3) is 0 Å². The summed E-state index contributed by atoms with van der Waals surface area (Å²) < 4.78 is 37.1. The van der Waals surface area contributed by atoms with E-state index in [1.807, 2.05) is 15.9 Å². The zero-order valence-electron chi connectivity index (χ0n) is 6.43. The number of rotatable bonds is 3. The van der Waals surface area contributed by atoms with Crippen molar-refractivity contribution in [1.29, 1.82) is 0 Å². The van der Waals surface area contributed by atoms with Crippen LogP contribution in [-0.4, -0.2) is 4.83 Å². The van der Waals surface area contributed by atoms with Gasteiger partial charge in [0.05, 0.1) is 0 Å². The molecule has 0 saturated heterocycles.